The highest BCUT2D eigenvalue weighted by Gasteiger charge is 2.01. The van der Waals surface area contributed by atoms with Crippen LogP contribution in [0, 0.1) is 6.92 Å². The van der Waals surface area contributed by atoms with Gasteiger partial charge < -0.3 is 10.6 Å². The molecule has 4 nitrogen and oxygen atoms in total. The summed E-state index contributed by atoms with van der Waals surface area (Å²) in [4.78, 5) is 15.6. The summed E-state index contributed by atoms with van der Waals surface area (Å²) in [5, 5.41) is 5.58. The molecule has 1 heterocycles. The number of nitrogens with zero attached hydrogens (tertiary/aromatic N) is 1. The predicted molar refractivity (Wildman–Crippen MR) is 64.1 cm³/mol. The van der Waals surface area contributed by atoms with Crippen LogP contribution in [-0.4, -0.2) is 17.6 Å². The fourth-order valence-electron chi connectivity index (χ4n) is 1.31. The molecule has 0 saturated heterocycles. The van der Waals surface area contributed by atoms with Gasteiger partial charge in [0.2, 0.25) is 0 Å². The molecule has 1 rings (SSSR count). The fraction of sp³-hybridized carbons (Fsp3) is 0.500. The first-order valence-electron chi connectivity index (χ1n) is 5.66. The highest BCUT2D eigenvalue weighted by Crippen LogP contribution is 2.01. The first-order chi connectivity index (χ1) is 7.74. The van der Waals surface area contributed by atoms with Gasteiger partial charge in [0.15, 0.2) is 0 Å². The first kappa shape index (κ1) is 12.5. The lowest BCUT2D eigenvalue weighted by Gasteiger charge is -2.08. The zero-order valence-electron chi connectivity index (χ0n) is 9.92. The van der Waals surface area contributed by atoms with Gasteiger partial charge in [-0.25, -0.2) is 4.79 Å². The summed E-state index contributed by atoms with van der Waals surface area (Å²) < 4.78 is 0. The summed E-state index contributed by atoms with van der Waals surface area (Å²) in [5.41, 5.74) is 2.00. The number of aromatic nitrogens is 1. The number of hydrogen-bond acceptors (Lipinski definition) is 2. The predicted octanol–water partition coefficient (Wildman–Crippen LogP) is 1.99. The van der Waals surface area contributed by atoms with E-state index in [1.165, 1.54) is 0 Å². The van der Waals surface area contributed by atoms with Crippen LogP contribution < -0.4 is 10.6 Å². The van der Waals surface area contributed by atoms with Crippen molar-refractivity contribution in [2.75, 3.05) is 6.54 Å². The van der Waals surface area contributed by atoms with Crippen molar-refractivity contribution >= 4 is 6.03 Å². The van der Waals surface area contributed by atoms with Gasteiger partial charge in [-0.05, 0) is 25.0 Å². The minimum atomic E-state index is -0.126. The SMILES string of the molecule is CCCCNC(=O)NCc1ncccc1C. The van der Waals surface area contributed by atoms with Crippen molar-refractivity contribution in [1.82, 2.24) is 15.6 Å². The molecule has 0 aliphatic rings. The lowest BCUT2D eigenvalue weighted by Crippen LogP contribution is -2.35. The number of unbranched alkanes of at least 4 members (excludes halogenated alkanes) is 1. The van der Waals surface area contributed by atoms with E-state index in [-0.39, 0.29) is 6.03 Å². The molecule has 0 fully saturated rings. The number of hydrogen-bond donors (Lipinski definition) is 2. The number of urea groups is 1. The van der Waals surface area contributed by atoms with Gasteiger partial charge in [0.05, 0.1) is 12.2 Å². The zero-order valence-corrected chi connectivity index (χ0v) is 9.92. The summed E-state index contributed by atoms with van der Waals surface area (Å²) in [6.07, 6.45) is 3.83. The van der Waals surface area contributed by atoms with Crippen molar-refractivity contribution < 1.29 is 4.79 Å². The zero-order chi connectivity index (χ0) is 11.8. The summed E-state index contributed by atoms with van der Waals surface area (Å²) in [5.74, 6) is 0. The third-order valence-corrected chi connectivity index (χ3v) is 2.35. The Labute approximate surface area is 96.5 Å². The molecule has 0 aliphatic carbocycles. The van der Waals surface area contributed by atoms with Crippen LogP contribution in [-0.2, 0) is 6.54 Å². The standard InChI is InChI=1S/C12H19N3O/c1-3-4-7-14-12(16)15-9-11-10(2)6-5-8-13-11/h5-6,8H,3-4,7,9H2,1-2H3,(H2,14,15,16). The molecule has 16 heavy (non-hydrogen) atoms. The van der Waals surface area contributed by atoms with E-state index in [1.54, 1.807) is 6.20 Å². The number of aryl methyl sites for hydroxylation is 1. The van der Waals surface area contributed by atoms with Gasteiger partial charge in [-0.2, -0.15) is 0 Å². The largest absolute Gasteiger partial charge is 0.338 e. The lowest BCUT2D eigenvalue weighted by atomic mass is 10.2. The molecule has 2 amide bonds. The molecule has 88 valence electrons. The van der Waals surface area contributed by atoms with Gasteiger partial charge in [-0.1, -0.05) is 19.4 Å². The Morgan fingerprint density at radius 3 is 2.94 bits per heavy atom. The van der Waals surface area contributed by atoms with Gasteiger partial charge >= 0.3 is 6.03 Å². The van der Waals surface area contributed by atoms with Crippen LogP contribution in [0.2, 0.25) is 0 Å². The van der Waals surface area contributed by atoms with E-state index in [9.17, 15) is 4.79 Å². The van der Waals surface area contributed by atoms with E-state index < -0.39 is 0 Å². The second-order valence-corrected chi connectivity index (χ2v) is 3.73. The van der Waals surface area contributed by atoms with Crippen molar-refractivity contribution in [1.29, 1.82) is 0 Å². The average molecular weight is 221 g/mol. The molecule has 0 unspecified atom stereocenters. The lowest BCUT2D eigenvalue weighted by molar-refractivity contribution is 0.240. The maximum absolute atomic E-state index is 11.4. The van der Waals surface area contributed by atoms with Gasteiger partial charge in [0.1, 0.15) is 0 Å². The molecule has 0 atom stereocenters. The topological polar surface area (TPSA) is 54.0 Å². The highest BCUT2D eigenvalue weighted by molar-refractivity contribution is 5.73. The van der Waals surface area contributed by atoms with Crippen LogP contribution in [0.15, 0.2) is 18.3 Å². The Morgan fingerprint density at radius 1 is 1.44 bits per heavy atom. The van der Waals surface area contributed by atoms with E-state index in [0.29, 0.717) is 6.54 Å². The number of rotatable bonds is 5. The summed E-state index contributed by atoms with van der Waals surface area (Å²) in [6.45, 7) is 5.28. The molecule has 0 aliphatic heterocycles. The minimum Gasteiger partial charge on any atom is -0.338 e. The highest BCUT2D eigenvalue weighted by atomic mass is 16.2. The Kier molecular flexibility index (Phi) is 5.32. The molecule has 0 radical (unpaired) electrons. The maximum atomic E-state index is 11.4. The van der Waals surface area contributed by atoms with Crippen LogP contribution in [0.25, 0.3) is 0 Å². The Balaban J connectivity index is 2.29. The van der Waals surface area contributed by atoms with E-state index in [2.05, 4.69) is 22.5 Å². The molecule has 0 saturated carbocycles. The molecule has 0 spiro atoms. The number of carbonyl (C=O) groups excluding carboxylic acids is 1. The normalized spacial score (nSPS) is 9.88. The number of amides is 2. The number of nitrogens with one attached hydrogen (secondary N) is 2. The quantitative estimate of drug-likeness (QED) is 0.747. The van der Waals surface area contributed by atoms with Crippen molar-refractivity contribution in [3.8, 4) is 0 Å². The van der Waals surface area contributed by atoms with E-state index >= 15 is 0 Å². The van der Waals surface area contributed by atoms with Gasteiger partial charge in [0, 0.05) is 12.7 Å². The molecule has 1 aromatic rings. The summed E-state index contributed by atoms with van der Waals surface area (Å²) >= 11 is 0. The van der Waals surface area contributed by atoms with Crippen molar-refractivity contribution in [2.45, 2.75) is 33.2 Å². The monoisotopic (exact) mass is 221 g/mol. The molecule has 4 heteroatoms. The van der Waals surface area contributed by atoms with Crippen molar-refractivity contribution in [3.05, 3.63) is 29.6 Å². The van der Waals surface area contributed by atoms with E-state index in [0.717, 1.165) is 30.6 Å². The molecule has 0 bridgehead atoms. The molecule has 0 aromatic carbocycles. The van der Waals surface area contributed by atoms with E-state index in [4.69, 9.17) is 0 Å². The molecular weight excluding hydrogens is 202 g/mol. The smallest absolute Gasteiger partial charge is 0.315 e. The fourth-order valence-corrected chi connectivity index (χ4v) is 1.31. The maximum Gasteiger partial charge on any atom is 0.315 e. The second kappa shape index (κ2) is 6.82. The molecule has 2 N–H and O–H groups in total. The first-order valence-corrected chi connectivity index (χ1v) is 5.66. The number of pyridine rings is 1. The second-order valence-electron chi connectivity index (χ2n) is 3.73. The molecular formula is C12H19N3O. The van der Waals surface area contributed by atoms with Crippen molar-refractivity contribution in [3.63, 3.8) is 0 Å². The molecule has 1 aromatic heterocycles. The summed E-state index contributed by atoms with van der Waals surface area (Å²) in [7, 11) is 0. The number of carbonyl (C=O) groups is 1. The summed E-state index contributed by atoms with van der Waals surface area (Å²) in [6, 6.07) is 3.75. The third-order valence-electron chi connectivity index (χ3n) is 2.35. The van der Waals surface area contributed by atoms with E-state index in [1.807, 2.05) is 19.1 Å². The van der Waals surface area contributed by atoms with Gasteiger partial charge in [0.25, 0.3) is 0 Å². The van der Waals surface area contributed by atoms with Crippen LogP contribution in [0.5, 0.6) is 0 Å². The average Bonchev–Trinajstić information content (AvgIpc) is 2.28. The van der Waals surface area contributed by atoms with Crippen LogP contribution in [0.4, 0.5) is 4.79 Å². The van der Waals surface area contributed by atoms with Crippen LogP contribution in [0.3, 0.4) is 0 Å². The van der Waals surface area contributed by atoms with Crippen molar-refractivity contribution in [2.24, 2.45) is 0 Å². The Hall–Kier alpha value is -1.58. The van der Waals surface area contributed by atoms with Crippen LogP contribution in [0.1, 0.15) is 31.0 Å². The third kappa shape index (κ3) is 4.29. The Morgan fingerprint density at radius 2 is 2.25 bits per heavy atom. The minimum absolute atomic E-state index is 0.126. The van der Waals surface area contributed by atoms with Gasteiger partial charge in [-0.15, -0.1) is 0 Å². The van der Waals surface area contributed by atoms with Gasteiger partial charge in [-0.3, -0.25) is 4.98 Å². The van der Waals surface area contributed by atoms with Crippen LogP contribution >= 0.6 is 0 Å². The Bertz CT molecular complexity index is 339.